The van der Waals surface area contributed by atoms with Gasteiger partial charge in [-0.2, -0.15) is 0 Å². The Labute approximate surface area is 118 Å². The number of benzene rings is 1. The normalized spacial score (nSPS) is 21.2. The van der Waals surface area contributed by atoms with Gasteiger partial charge in [0, 0.05) is 28.2 Å². The molecule has 0 radical (unpaired) electrons. The molecule has 1 aromatic carbocycles. The molecule has 1 N–H and O–H groups in total. The van der Waals surface area contributed by atoms with Gasteiger partial charge in [0.15, 0.2) is 0 Å². The molecule has 0 saturated carbocycles. The van der Waals surface area contributed by atoms with Crippen LogP contribution in [-0.4, -0.2) is 9.67 Å². The molecule has 1 unspecified atom stereocenters. The Morgan fingerprint density at radius 1 is 1.32 bits per heavy atom. The lowest BCUT2D eigenvalue weighted by Gasteiger charge is -2.34. The van der Waals surface area contributed by atoms with Gasteiger partial charge < -0.3 is 9.67 Å². The summed E-state index contributed by atoms with van der Waals surface area (Å²) in [6.45, 7) is 4.41. The average molecular weight is 276 g/mol. The highest BCUT2D eigenvalue weighted by molar-refractivity contribution is 6.30. The highest BCUT2D eigenvalue weighted by atomic mass is 35.5. The molecule has 0 bridgehead atoms. The number of rotatable bonds is 1. The van der Waals surface area contributed by atoms with Gasteiger partial charge in [0.1, 0.15) is 0 Å². The van der Waals surface area contributed by atoms with Gasteiger partial charge in [-0.05, 0) is 42.5 Å². The fourth-order valence-electron chi connectivity index (χ4n) is 3.00. The van der Waals surface area contributed by atoms with Crippen LogP contribution in [0.4, 0.5) is 0 Å². The van der Waals surface area contributed by atoms with Crippen LogP contribution in [-0.2, 0) is 6.42 Å². The number of aliphatic hydroxyl groups excluding tert-OH is 1. The summed E-state index contributed by atoms with van der Waals surface area (Å²) in [5.41, 5.74) is 3.44. The monoisotopic (exact) mass is 275 g/mol. The Kier molecular flexibility index (Phi) is 2.95. The Hall–Kier alpha value is -1.25. The third-order valence-electron chi connectivity index (χ3n) is 3.86. The van der Waals surface area contributed by atoms with Gasteiger partial charge in [0.05, 0.1) is 6.10 Å². The van der Waals surface area contributed by atoms with Crippen molar-refractivity contribution in [1.82, 2.24) is 4.57 Å². The van der Waals surface area contributed by atoms with Crippen molar-refractivity contribution in [3.05, 3.63) is 52.8 Å². The number of hydrogen-bond acceptors (Lipinski definition) is 1. The SMILES string of the molecule is CC1(C)Cc2c(ccn2-c2cccc(Cl)c2)C(O)C1. The minimum atomic E-state index is -0.362. The summed E-state index contributed by atoms with van der Waals surface area (Å²) in [4.78, 5) is 0. The molecule has 0 amide bonds. The van der Waals surface area contributed by atoms with E-state index in [0.717, 1.165) is 29.1 Å². The summed E-state index contributed by atoms with van der Waals surface area (Å²) in [6, 6.07) is 9.85. The first-order valence-corrected chi connectivity index (χ1v) is 6.98. The van der Waals surface area contributed by atoms with E-state index in [0.29, 0.717) is 0 Å². The molecule has 100 valence electrons. The molecule has 1 aromatic heterocycles. The number of aliphatic hydroxyl groups is 1. The minimum Gasteiger partial charge on any atom is -0.388 e. The van der Waals surface area contributed by atoms with Gasteiger partial charge >= 0.3 is 0 Å². The number of fused-ring (bicyclic) bond motifs is 1. The van der Waals surface area contributed by atoms with Crippen LogP contribution >= 0.6 is 11.6 Å². The van der Waals surface area contributed by atoms with E-state index in [1.807, 2.05) is 36.5 Å². The second-order valence-electron chi connectivity index (χ2n) is 6.13. The smallest absolute Gasteiger partial charge is 0.0812 e. The quantitative estimate of drug-likeness (QED) is 0.831. The van der Waals surface area contributed by atoms with Crippen LogP contribution in [0.2, 0.25) is 5.02 Å². The molecule has 19 heavy (non-hydrogen) atoms. The van der Waals surface area contributed by atoms with E-state index in [4.69, 9.17) is 11.6 Å². The van der Waals surface area contributed by atoms with Crippen LogP contribution < -0.4 is 0 Å². The largest absolute Gasteiger partial charge is 0.388 e. The predicted molar refractivity (Wildman–Crippen MR) is 77.8 cm³/mol. The Morgan fingerprint density at radius 2 is 2.11 bits per heavy atom. The van der Waals surface area contributed by atoms with E-state index < -0.39 is 0 Å². The van der Waals surface area contributed by atoms with Gasteiger partial charge in [-0.15, -0.1) is 0 Å². The topological polar surface area (TPSA) is 25.2 Å². The molecule has 3 rings (SSSR count). The van der Waals surface area contributed by atoms with Crippen LogP contribution in [0.15, 0.2) is 36.5 Å². The molecule has 1 heterocycles. The zero-order valence-electron chi connectivity index (χ0n) is 11.2. The maximum Gasteiger partial charge on any atom is 0.0812 e. The Morgan fingerprint density at radius 3 is 2.84 bits per heavy atom. The van der Waals surface area contributed by atoms with Crippen molar-refractivity contribution in [3.8, 4) is 5.69 Å². The summed E-state index contributed by atoms with van der Waals surface area (Å²) < 4.78 is 2.14. The third-order valence-corrected chi connectivity index (χ3v) is 4.10. The average Bonchev–Trinajstić information content (AvgIpc) is 2.71. The second-order valence-corrected chi connectivity index (χ2v) is 6.56. The fourth-order valence-corrected chi connectivity index (χ4v) is 3.18. The minimum absolute atomic E-state index is 0.126. The van der Waals surface area contributed by atoms with Crippen molar-refractivity contribution >= 4 is 11.6 Å². The van der Waals surface area contributed by atoms with Crippen molar-refractivity contribution in [3.63, 3.8) is 0 Å². The van der Waals surface area contributed by atoms with Crippen molar-refractivity contribution in [2.75, 3.05) is 0 Å². The van der Waals surface area contributed by atoms with Crippen LogP contribution in [0.3, 0.4) is 0 Å². The molecule has 0 aliphatic heterocycles. The molecular formula is C16H18ClNO. The first-order valence-electron chi connectivity index (χ1n) is 6.60. The molecule has 0 spiro atoms. The van der Waals surface area contributed by atoms with E-state index in [9.17, 15) is 5.11 Å². The van der Waals surface area contributed by atoms with Crippen LogP contribution in [0.25, 0.3) is 5.69 Å². The van der Waals surface area contributed by atoms with E-state index >= 15 is 0 Å². The van der Waals surface area contributed by atoms with E-state index in [-0.39, 0.29) is 11.5 Å². The lowest BCUT2D eigenvalue weighted by Crippen LogP contribution is -2.26. The molecule has 1 aliphatic rings. The van der Waals surface area contributed by atoms with E-state index in [1.165, 1.54) is 5.69 Å². The summed E-state index contributed by atoms with van der Waals surface area (Å²) in [7, 11) is 0. The summed E-state index contributed by atoms with van der Waals surface area (Å²) in [5, 5.41) is 11.0. The van der Waals surface area contributed by atoms with Crippen molar-refractivity contribution in [2.45, 2.75) is 32.8 Å². The Bertz CT molecular complexity index is 615. The third kappa shape index (κ3) is 2.31. The molecule has 3 heteroatoms. The summed E-state index contributed by atoms with van der Waals surface area (Å²) in [5.74, 6) is 0. The predicted octanol–water partition coefficient (Wildman–Crippen LogP) is 4.14. The maximum atomic E-state index is 10.3. The highest BCUT2D eigenvalue weighted by Gasteiger charge is 2.33. The fraction of sp³-hybridized carbons (Fsp3) is 0.375. The molecular weight excluding hydrogens is 258 g/mol. The van der Waals surface area contributed by atoms with Crippen LogP contribution in [0.5, 0.6) is 0 Å². The van der Waals surface area contributed by atoms with E-state index in [1.54, 1.807) is 0 Å². The molecule has 0 saturated heterocycles. The number of hydrogen-bond donors (Lipinski definition) is 1. The van der Waals surface area contributed by atoms with Crippen molar-refractivity contribution in [1.29, 1.82) is 0 Å². The first kappa shape index (κ1) is 12.8. The molecule has 0 fully saturated rings. The lowest BCUT2D eigenvalue weighted by atomic mass is 9.75. The van der Waals surface area contributed by atoms with Crippen molar-refractivity contribution < 1.29 is 5.11 Å². The lowest BCUT2D eigenvalue weighted by molar-refractivity contribution is 0.0987. The van der Waals surface area contributed by atoms with Gasteiger partial charge in [0.25, 0.3) is 0 Å². The van der Waals surface area contributed by atoms with Gasteiger partial charge in [-0.3, -0.25) is 0 Å². The summed E-state index contributed by atoms with van der Waals surface area (Å²) >= 11 is 6.07. The zero-order chi connectivity index (χ0) is 13.6. The van der Waals surface area contributed by atoms with Gasteiger partial charge in [-0.25, -0.2) is 0 Å². The van der Waals surface area contributed by atoms with Gasteiger partial charge in [0.2, 0.25) is 0 Å². The molecule has 1 aliphatic carbocycles. The van der Waals surface area contributed by atoms with Gasteiger partial charge in [-0.1, -0.05) is 31.5 Å². The summed E-state index contributed by atoms with van der Waals surface area (Å²) in [6.07, 6.45) is 3.46. The number of aromatic nitrogens is 1. The van der Waals surface area contributed by atoms with Crippen molar-refractivity contribution in [2.24, 2.45) is 5.41 Å². The molecule has 1 atom stereocenters. The second kappa shape index (κ2) is 4.39. The van der Waals surface area contributed by atoms with E-state index in [2.05, 4.69) is 18.4 Å². The maximum absolute atomic E-state index is 10.3. The standard InChI is InChI=1S/C16H18ClNO/c1-16(2)9-14-13(15(19)10-16)6-7-18(14)12-5-3-4-11(17)8-12/h3-8,15,19H,9-10H2,1-2H3. The number of nitrogens with zero attached hydrogens (tertiary/aromatic N) is 1. The molecule has 2 nitrogen and oxygen atoms in total. The first-order chi connectivity index (χ1) is 8.96. The number of halogens is 1. The van der Waals surface area contributed by atoms with Crippen LogP contribution in [0.1, 0.15) is 37.6 Å². The highest BCUT2D eigenvalue weighted by Crippen LogP contribution is 2.41. The zero-order valence-corrected chi connectivity index (χ0v) is 12.0. The van der Waals surface area contributed by atoms with Crippen LogP contribution in [0, 0.1) is 5.41 Å². The Balaban J connectivity index is 2.11. The molecule has 2 aromatic rings.